The molecule has 0 aliphatic heterocycles. The molecule has 0 saturated heterocycles. The Labute approximate surface area is 302 Å². The Hall–Kier alpha value is -0.300. The van der Waals surface area contributed by atoms with Crippen molar-refractivity contribution in [2.75, 3.05) is 6.61 Å². The van der Waals surface area contributed by atoms with Crippen LogP contribution in [-0.4, -0.2) is 12.7 Å². The molecule has 4 rings (SSSR count). The summed E-state index contributed by atoms with van der Waals surface area (Å²) in [7, 11) is 0. The maximum atomic E-state index is 6.57. The van der Waals surface area contributed by atoms with E-state index >= 15 is 0 Å². The van der Waals surface area contributed by atoms with Crippen molar-refractivity contribution < 1.29 is 4.74 Å². The minimum Gasteiger partial charge on any atom is -0.378 e. The fourth-order valence-corrected chi connectivity index (χ4v) is 11.9. The Balaban J connectivity index is 1.05. The van der Waals surface area contributed by atoms with Crippen LogP contribution >= 0.6 is 0 Å². The molecule has 0 bridgehead atoms. The van der Waals surface area contributed by atoms with Crippen molar-refractivity contribution in [1.82, 2.24) is 0 Å². The van der Waals surface area contributed by atoms with Gasteiger partial charge in [0.25, 0.3) is 0 Å². The first-order chi connectivity index (χ1) is 22.9. The molecular weight excluding hydrogens is 581 g/mol. The Bertz CT molecular complexity index is 924. The molecule has 0 aromatic heterocycles. The lowest BCUT2D eigenvalue weighted by Gasteiger charge is -2.58. The first kappa shape index (κ1) is 40.5. The molecule has 7 unspecified atom stereocenters. The van der Waals surface area contributed by atoms with Gasteiger partial charge < -0.3 is 4.74 Å². The van der Waals surface area contributed by atoms with Gasteiger partial charge in [-0.2, -0.15) is 0 Å². The van der Waals surface area contributed by atoms with Crippen LogP contribution in [0.2, 0.25) is 0 Å². The van der Waals surface area contributed by atoms with Gasteiger partial charge in [-0.15, -0.1) is 0 Å². The quantitative estimate of drug-likeness (QED) is 0.0825. The molecule has 0 aromatic carbocycles. The van der Waals surface area contributed by atoms with Gasteiger partial charge >= 0.3 is 0 Å². The van der Waals surface area contributed by atoms with Crippen LogP contribution in [0, 0.1) is 51.8 Å². The van der Waals surface area contributed by atoms with Crippen LogP contribution in [0.1, 0.15) is 222 Å². The van der Waals surface area contributed by atoms with E-state index in [1.54, 1.807) is 5.57 Å². The lowest BCUT2D eigenvalue weighted by molar-refractivity contribution is -0.0641. The van der Waals surface area contributed by atoms with E-state index in [-0.39, 0.29) is 0 Å². The maximum absolute atomic E-state index is 6.57. The van der Waals surface area contributed by atoms with E-state index in [2.05, 4.69) is 61.5 Å². The van der Waals surface area contributed by atoms with Gasteiger partial charge in [0.2, 0.25) is 0 Å². The first-order valence-corrected chi connectivity index (χ1v) is 22.2. The average Bonchev–Trinajstić information content (AvgIpc) is 3.39. The topological polar surface area (TPSA) is 9.23 Å². The van der Waals surface area contributed by atoms with Gasteiger partial charge in [-0.25, -0.2) is 0 Å². The molecule has 0 aromatic rings. The standard InChI is InChI=1S/C47H86O/c1-37(2)24-23-25-38(3)42-28-29-43-41-27-26-39-36-40(30-33-46(39,7)44(41)31-34-47(42,43)8)48-35-22-20-18-16-14-12-10-9-11-13-15-17-19-21-32-45(4,5)6/h26,37-38,40-44H,9-25,27-36H2,1-8H3/t38?,40-,41?,42?,43?,44?,46?,47?/m0/s1. The third-order valence-corrected chi connectivity index (χ3v) is 14.9. The highest BCUT2D eigenvalue weighted by atomic mass is 16.5. The van der Waals surface area contributed by atoms with Crippen LogP contribution in [0.3, 0.4) is 0 Å². The second kappa shape index (κ2) is 19.5. The summed E-state index contributed by atoms with van der Waals surface area (Å²) in [6.07, 6.45) is 40.3. The van der Waals surface area contributed by atoms with Crippen LogP contribution in [0.25, 0.3) is 0 Å². The first-order valence-electron chi connectivity index (χ1n) is 22.2. The van der Waals surface area contributed by atoms with E-state index in [4.69, 9.17) is 4.74 Å². The number of allylic oxidation sites excluding steroid dienone is 1. The predicted molar refractivity (Wildman–Crippen MR) is 211 cm³/mol. The third-order valence-electron chi connectivity index (χ3n) is 14.9. The molecule has 0 spiro atoms. The summed E-state index contributed by atoms with van der Waals surface area (Å²) < 4.78 is 6.57. The summed E-state index contributed by atoms with van der Waals surface area (Å²) in [6, 6.07) is 0. The van der Waals surface area contributed by atoms with E-state index in [1.807, 2.05) is 0 Å². The third kappa shape index (κ3) is 11.6. The Kier molecular flexibility index (Phi) is 16.5. The SMILES string of the molecule is CC(C)CCCC(C)C1CCC2C3CC=C4C[C@@H](OCCCCCCCCCCCCCCCCC(C)(C)C)CCC4(C)C3CCC12C. The number of hydrogen-bond donors (Lipinski definition) is 0. The number of hydrogen-bond acceptors (Lipinski definition) is 1. The number of fused-ring (bicyclic) bond motifs is 5. The van der Waals surface area contributed by atoms with Gasteiger partial charge in [0.05, 0.1) is 6.10 Å². The summed E-state index contributed by atoms with van der Waals surface area (Å²) in [6.45, 7) is 21.0. The molecule has 0 heterocycles. The lowest BCUT2D eigenvalue weighted by atomic mass is 9.47. The predicted octanol–water partition coefficient (Wildman–Crippen LogP) is 15.3. The zero-order valence-corrected chi connectivity index (χ0v) is 34.1. The second-order valence-corrected chi connectivity index (χ2v) is 20.3. The summed E-state index contributed by atoms with van der Waals surface area (Å²) in [5.41, 5.74) is 3.38. The molecule has 3 saturated carbocycles. The zero-order valence-electron chi connectivity index (χ0n) is 34.1. The normalized spacial score (nSPS) is 32.5. The van der Waals surface area contributed by atoms with Gasteiger partial charge in [-0.3, -0.25) is 0 Å². The van der Waals surface area contributed by atoms with Gasteiger partial charge in [-0.1, -0.05) is 170 Å². The van der Waals surface area contributed by atoms with Gasteiger partial charge in [-0.05, 0) is 116 Å². The van der Waals surface area contributed by atoms with Crippen molar-refractivity contribution in [2.45, 2.75) is 228 Å². The zero-order chi connectivity index (χ0) is 34.6. The number of ether oxygens (including phenoxy) is 1. The Morgan fingerprint density at radius 1 is 0.688 bits per heavy atom. The number of unbranched alkanes of at least 4 members (excludes halogenated alkanes) is 13. The lowest BCUT2D eigenvalue weighted by Crippen LogP contribution is -2.51. The molecular formula is C47H86O. The van der Waals surface area contributed by atoms with Crippen molar-refractivity contribution in [1.29, 1.82) is 0 Å². The fraction of sp³-hybridized carbons (Fsp3) is 0.957. The van der Waals surface area contributed by atoms with Crippen molar-refractivity contribution in [2.24, 2.45) is 51.8 Å². The van der Waals surface area contributed by atoms with Crippen molar-refractivity contribution in [3.05, 3.63) is 11.6 Å². The summed E-state index contributed by atoms with van der Waals surface area (Å²) in [5, 5.41) is 0. The molecule has 0 radical (unpaired) electrons. The molecule has 4 aliphatic rings. The summed E-state index contributed by atoms with van der Waals surface area (Å²) in [4.78, 5) is 0. The Morgan fingerprint density at radius 3 is 1.90 bits per heavy atom. The molecule has 280 valence electrons. The highest BCUT2D eigenvalue weighted by Gasteiger charge is 2.59. The summed E-state index contributed by atoms with van der Waals surface area (Å²) in [5.74, 6) is 5.59. The van der Waals surface area contributed by atoms with E-state index in [0.29, 0.717) is 22.3 Å². The highest BCUT2D eigenvalue weighted by Crippen LogP contribution is 2.67. The molecule has 3 fully saturated rings. The van der Waals surface area contributed by atoms with Crippen LogP contribution in [0.4, 0.5) is 0 Å². The van der Waals surface area contributed by atoms with Crippen LogP contribution in [0.15, 0.2) is 11.6 Å². The molecule has 48 heavy (non-hydrogen) atoms. The highest BCUT2D eigenvalue weighted by molar-refractivity contribution is 5.25. The fourth-order valence-electron chi connectivity index (χ4n) is 11.9. The van der Waals surface area contributed by atoms with E-state index < -0.39 is 0 Å². The van der Waals surface area contributed by atoms with E-state index in [0.717, 1.165) is 42.1 Å². The second-order valence-electron chi connectivity index (χ2n) is 20.3. The van der Waals surface area contributed by atoms with Crippen LogP contribution in [-0.2, 0) is 4.74 Å². The smallest absolute Gasteiger partial charge is 0.0612 e. The molecule has 0 N–H and O–H groups in total. The van der Waals surface area contributed by atoms with Gasteiger partial charge in [0.15, 0.2) is 0 Å². The molecule has 1 heteroatoms. The summed E-state index contributed by atoms with van der Waals surface area (Å²) >= 11 is 0. The van der Waals surface area contributed by atoms with Gasteiger partial charge in [0.1, 0.15) is 0 Å². The van der Waals surface area contributed by atoms with Crippen molar-refractivity contribution >= 4 is 0 Å². The minimum absolute atomic E-state index is 0.455. The largest absolute Gasteiger partial charge is 0.378 e. The monoisotopic (exact) mass is 667 g/mol. The number of rotatable bonds is 22. The molecule has 8 atom stereocenters. The van der Waals surface area contributed by atoms with Crippen molar-refractivity contribution in [3.8, 4) is 0 Å². The molecule has 0 amide bonds. The van der Waals surface area contributed by atoms with Gasteiger partial charge in [0, 0.05) is 6.61 Å². The van der Waals surface area contributed by atoms with E-state index in [1.165, 1.54) is 167 Å². The van der Waals surface area contributed by atoms with Crippen LogP contribution in [0.5, 0.6) is 0 Å². The van der Waals surface area contributed by atoms with Crippen molar-refractivity contribution in [3.63, 3.8) is 0 Å². The van der Waals surface area contributed by atoms with E-state index in [9.17, 15) is 0 Å². The molecule has 4 aliphatic carbocycles. The maximum Gasteiger partial charge on any atom is 0.0612 e. The Morgan fingerprint density at radius 2 is 1.29 bits per heavy atom. The average molecular weight is 667 g/mol. The molecule has 1 nitrogen and oxygen atoms in total. The minimum atomic E-state index is 0.455. The van der Waals surface area contributed by atoms with Crippen LogP contribution < -0.4 is 0 Å².